The van der Waals surface area contributed by atoms with Gasteiger partial charge >= 0.3 is 0 Å². The number of hydrogen-bond donors (Lipinski definition) is 1. The van der Waals surface area contributed by atoms with E-state index in [1.165, 1.54) is 26.4 Å². The molecular weight excluding hydrogens is 452 g/mol. The summed E-state index contributed by atoms with van der Waals surface area (Å²) in [5.74, 6) is 0.304. The SMILES string of the molecule is COc1ccc(N(CC(=O)Nc2c(C)cc(C)cc2C)S(=O)(=O)c2ccc(C)cc2)c(OC)c1. The van der Waals surface area contributed by atoms with Crippen molar-refractivity contribution >= 4 is 27.3 Å². The number of nitrogens with zero attached hydrogens (tertiary/aromatic N) is 1. The van der Waals surface area contributed by atoms with Crippen LogP contribution in [0.15, 0.2) is 59.5 Å². The molecule has 0 aliphatic rings. The zero-order chi connectivity index (χ0) is 25.0. The van der Waals surface area contributed by atoms with Gasteiger partial charge in [0.05, 0.1) is 24.8 Å². The highest BCUT2D eigenvalue weighted by Gasteiger charge is 2.30. The number of carbonyl (C=O) groups excluding carboxylic acids is 1. The van der Waals surface area contributed by atoms with Gasteiger partial charge in [-0.1, -0.05) is 35.4 Å². The predicted molar refractivity (Wildman–Crippen MR) is 135 cm³/mol. The van der Waals surface area contributed by atoms with E-state index in [0.717, 1.165) is 26.6 Å². The monoisotopic (exact) mass is 482 g/mol. The maximum atomic E-state index is 13.7. The van der Waals surface area contributed by atoms with Gasteiger partial charge in [-0.05, 0) is 63.1 Å². The van der Waals surface area contributed by atoms with Crippen LogP contribution in [0.5, 0.6) is 11.5 Å². The maximum absolute atomic E-state index is 13.7. The summed E-state index contributed by atoms with van der Waals surface area (Å²) in [7, 11) is -1.14. The molecule has 0 saturated heterocycles. The Bertz CT molecular complexity index is 1280. The first-order valence-corrected chi connectivity index (χ1v) is 12.2. The van der Waals surface area contributed by atoms with Gasteiger partial charge in [0, 0.05) is 11.8 Å². The fraction of sp³-hybridized carbons (Fsp3) is 0.269. The largest absolute Gasteiger partial charge is 0.497 e. The molecule has 0 radical (unpaired) electrons. The van der Waals surface area contributed by atoms with Gasteiger partial charge in [0.25, 0.3) is 10.0 Å². The molecule has 0 unspecified atom stereocenters. The molecule has 180 valence electrons. The van der Waals surface area contributed by atoms with E-state index in [4.69, 9.17) is 9.47 Å². The number of methoxy groups -OCH3 is 2. The van der Waals surface area contributed by atoms with Crippen LogP contribution in [0.1, 0.15) is 22.3 Å². The Labute approximate surface area is 201 Å². The van der Waals surface area contributed by atoms with Crippen LogP contribution in [0, 0.1) is 27.7 Å². The van der Waals surface area contributed by atoms with E-state index >= 15 is 0 Å². The zero-order valence-electron chi connectivity index (χ0n) is 20.3. The van der Waals surface area contributed by atoms with Gasteiger partial charge in [-0.2, -0.15) is 0 Å². The van der Waals surface area contributed by atoms with E-state index in [2.05, 4.69) is 5.32 Å². The number of nitrogens with one attached hydrogen (secondary N) is 1. The number of carbonyl (C=O) groups is 1. The number of rotatable bonds is 8. The van der Waals surface area contributed by atoms with Crippen molar-refractivity contribution in [3.8, 4) is 11.5 Å². The molecule has 8 heteroatoms. The maximum Gasteiger partial charge on any atom is 0.264 e. The first-order chi connectivity index (χ1) is 16.1. The minimum absolute atomic E-state index is 0.0754. The highest BCUT2D eigenvalue weighted by molar-refractivity contribution is 7.92. The van der Waals surface area contributed by atoms with E-state index in [1.807, 2.05) is 39.8 Å². The molecule has 0 aliphatic heterocycles. The van der Waals surface area contributed by atoms with Crippen molar-refractivity contribution in [2.75, 3.05) is 30.4 Å². The number of anilines is 2. The molecule has 34 heavy (non-hydrogen) atoms. The molecule has 0 aromatic heterocycles. The van der Waals surface area contributed by atoms with Gasteiger partial charge in [0.1, 0.15) is 18.0 Å². The Morgan fingerprint density at radius 1 is 0.853 bits per heavy atom. The Morgan fingerprint density at radius 3 is 2.03 bits per heavy atom. The van der Waals surface area contributed by atoms with Crippen LogP contribution < -0.4 is 19.1 Å². The average molecular weight is 483 g/mol. The van der Waals surface area contributed by atoms with E-state index in [9.17, 15) is 13.2 Å². The Hall–Kier alpha value is -3.52. The summed E-state index contributed by atoms with van der Waals surface area (Å²) in [4.78, 5) is 13.2. The highest BCUT2D eigenvalue weighted by atomic mass is 32.2. The molecule has 1 amide bonds. The first kappa shape index (κ1) is 25.1. The van der Waals surface area contributed by atoms with Gasteiger partial charge in [0.2, 0.25) is 5.91 Å². The third-order valence-electron chi connectivity index (χ3n) is 5.49. The molecule has 0 aliphatic carbocycles. The van der Waals surface area contributed by atoms with Crippen LogP contribution in [-0.2, 0) is 14.8 Å². The molecule has 7 nitrogen and oxygen atoms in total. The lowest BCUT2D eigenvalue weighted by atomic mass is 10.1. The molecule has 3 aromatic carbocycles. The van der Waals surface area contributed by atoms with Gasteiger partial charge in [0.15, 0.2) is 0 Å². The number of aryl methyl sites for hydroxylation is 4. The van der Waals surface area contributed by atoms with Crippen molar-refractivity contribution in [1.82, 2.24) is 0 Å². The van der Waals surface area contributed by atoms with Crippen molar-refractivity contribution in [2.24, 2.45) is 0 Å². The van der Waals surface area contributed by atoms with Gasteiger partial charge in [-0.25, -0.2) is 8.42 Å². The van der Waals surface area contributed by atoms with Crippen LogP contribution in [0.2, 0.25) is 0 Å². The summed E-state index contributed by atoms with van der Waals surface area (Å²) in [5.41, 5.74) is 4.72. The third-order valence-corrected chi connectivity index (χ3v) is 7.27. The second-order valence-corrected chi connectivity index (χ2v) is 10.0. The minimum Gasteiger partial charge on any atom is -0.497 e. The molecule has 0 heterocycles. The summed E-state index contributed by atoms with van der Waals surface area (Å²) in [6, 6.07) is 15.2. The fourth-order valence-corrected chi connectivity index (χ4v) is 5.25. The van der Waals surface area contributed by atoms with Gasteiger partial charge < -0.3 is 14.8 Å². The van der Waals surface area contributed by atoms with E-state index in [1.54, 1.807) is 30.3 Å². The highest BCUT2D eigenvalue weighted by Crippen LogP contribution is 2.35. The second kappa shape index (κ2) is 10.2. The van der Waals surface area contributed by atoms with Crippen molar-refractivity contribution in [2.45, 2.75) is 32.6 Å². The van der Waals surface area contributed by atoms with Crippen LogP contribution in [0.3, 0.4) is 0 Å². The molecule has 3 rings (SSSR count). The normalized spacial score (nSPS) is 11.1. The molecule has 0 bridgehead atoms. The Balaban J connectivity index is 2.05. The standard InChI is InChI=1S/C26H30N2O5S/c1-17-7-10-22(11-8-17)34(30,31)28(23-12-9-21(32-5)15-24(23)33-6)16-25(29)27-26-19(3)13-18(2)14-20(26)4/h7-15H,16H2,1-6H3,(H,27,29). The molecule has 1 N–H and O–H groups in total. The predicted octanol–water partition coefficient (Wildman–Crippen LogP) is 4.77. The van der Waals surface area contributed by atoms with Crippen LogP contribution >= 0.6 is 0 Å². The fourth-order valence-electron chi connectivity index (χ4n) is 3.81. The van der Waals surface area contributed by atoms with Crippen LogP contribution in [0.25, 0.3) is 0 Å². The smallest absolute Gasteiger partial charge is 0.264 e. The van der Waals surface area contributed by atoms with Crippen LogP contribution in [0.4, 0.5) is 11.4 Å². The van der Waals surface area contributed by atoms with Gasteiger partial charge in [-0.15, -0.1) is 0 Å². The molecule has 0 atom stereocenters. The lowest BCUT2D eigenvalue weighted by Crippen LogP contribution is -2.38. The third kappa shape index (κ3) is 5.34. The second-order valence-electron chi connectivity index (χ2n) is 8.18. The van der Waals surface area contributed by atoms with E-state index in [-0.39, 0.29) is 16.3 Å². The topological polar surface area (TPSA) is 84.9 Å². The summed E-state index contributed by atoms with van der Waals surface area (Å²) < 4.78 is 39.1. The molecule has 0 saturated carbocycles. The van der Waals surface area contributed by atoms with Crippen molar-refractivity contribution < 1.29 is 22.7 Å². The van der Waals surface area contributed by atoms with Gasteiger partial charge in [-0.3, -0.25) is 9.10 Å². The average Bonchev–Trinajstić information content (AvgIpc) is 2.79. The zero-order valence-corrected chi connectivity index (χ0v) is 21.1. The summed E-state index contributed by atoms with van der Waals surface area (Å²) in [5, 5.41) is 2.89. The van der Waals surface area contributed by atoms with Crippen molar-refractivity contribution in [3.63, 3.8) is 0 Å². The molecule has 0 fully saturated rings. The molecular formula is C26H30N2O5S. The number of sulfonamides is 1. The van der Waals surface area contributed by atoms with Crippen molar-refractivity contribution in [1.29, 1.82) is 0 Å². The summed E-state index contributed by atoms with van der Waals surface area (Å²) >= 11 is 0. The van der Waals surface area contributed by atoms with Crippen molar-refractivity contribution in [3.05, 3.63) is 76.9 Å². The molecule has 0 spiro atoms. The van der Waals surface area contributed by atoms with E-state index in [0.29, 0.717) is 11.4 Å². The molecule has 3 aromatic rings. The number of ether oxygens (including phenoxy) is 2. The Morgan fingerprint density at radius 2 is 1.47 bits per heavy atom. The quantitative estimate of drug-likeness (QED) is 0.500. The van der Waals surface area contributed by atoms with E-state index < -0.39 is 22.5 Å². The first-order valence-electron chi connectivity index (χ1n) is 10.8. The Kier molecular flexibility index (Phi) is 7.51. The summed E-state index contributed by atoms with van der Waals surface area (Å²) in [6.07, 6.45) is 0. The minimum atomic E-state index is -4.09. The number of amides is 1. The summed E-state index contributed by atoms with van der Waals surface area (Å²) in [6.45, 7) is 7.23. The van der Waals surface area contributed by atoms with Crippen LogP contribution in [-0.4, -0.2) is 35.1 Å². The lowest BCUT2D eigenvalue weighted by molar-refractivity contribution is -0.114. The number of benzene rings is 3. The number of hydrogen-bond acceptors (Lipinski definition) is 5. The lowest BCUT2D eigenvalue weighted by Gasteiger charge is -2.26.